The molecule has 0 N–H and O–H groups in total. The van der Waals surface area contributed by atoms with E-state index < -0.39 is 15.6 Å². The third kappa shape index (κ3) is 3.00. The molecule has 0 saturated carbocycles. The van der Waals surface area contributed by atoms with Crippen LogP contribution in [-0.2, 0) is 14.8 Å². The lowest BCUT2D eigenvalue weighted by molar-refractivity contribution is -0.126. The summed E-state index contributed by atoms with van der Waals surface area (Å²) in [5, 5.41) is 0. The minimum Gasteiger partial charge on any atom is -0.336 e. The molecular weight excluding hydrogens is 252 g/mol. The molecule has 18 heavy (non-hydrogen) atoms. The van der Waals surface area contributed by atoms with E-state index in [-0.39, 0.29) is 0 Å². The molecule has 1 aliphatic rings. The highest BCUT2D eigenvalue weighted by atomic mass is 32.2. The zero-order valence-electron chi connectivity index (χ0n) is 10.7. The van der Waals surface area contributed by atoms with Gasteiger partial charge >= 0.3 is 0 Å². The maximum absolute atomic E-state index is 11.6. The van der Waals surface area contributed by atoms with Gasteiger partial charge in [0.15, 0.2) is 0 Å². The van der Waals surface area contributed by atoms with Crippen molar-refractivity contribution in [3.63, 3.8) is 0 Å². The molecule has 1 heterocycles. The number of hydrogen-bond donors (Lipinski definition) is 0. The highest BCUT2D eigenvalue weighted by molar-refractivity contribution is 7.88. The highest BCUT2D eigenvalue weighted by Gasteiger charge is 2.41. The molecule has 0 unspecified atom stereocenters. The molecule has 0 spiro atoms. The molecule has 102 valence electrons. The Hall–Kier alpha value is -1.14. The minimum atomic E-state index is -3.24. The molecule has 1 aliphatic heterocycles. The Bertz CT molecular complexity index is 421. The van der Waals surface area contributed by atoms with Gasteiger partial charge in [0.05, 0.1) is 11.8 Å². The molecule has 1 saturated heterocycles. The van der Waals surface area contributed by atoms with E-state index in [0.29, 0.717) is 32.5 Å². The lowest BCUT2D eigenvalue weighted by atomic mass is 9.87. The van der Waals surface area contributed by atoms with E-state index in [1.165, 1.54) is 10.6 Å². The van der Waals surface area contributed by atoms with Crippen molar-refractivity contribution in [2.75, 3.05) is 25.9 Å². The Morgan fingerprint density at radius 2 is 1.78 bits per heavy atom. The first kappa shape index (κ1) is 14.9. The van der Waals surface area contributed by atoms with Crippen LogP contribution in [0.1, 0.15) is 12.8 Å². The largest absolute Gasteiger partial charge is 0.336 e. The van der Waals surface area contributed by atoms with Crippen molar-refractivity contribution in [2.45, 2.75) is 18.4 Å². The number of hydrogen-bond acceptors (Lipinski definition) is 3. The zero-order valence-corrected chi connectivity index (χ0v) is 11.5. The summed E-state index contributed by atoms with van der Waals surface area (Å²) in [4.78, 5) is 12.8. The van der Waals surface area contributed by atoms with Crippen molar-refractivity contribution in [1.29, 1.82) is 0 Å². The molecule has 0 atom stereocenters. The SMILES string of the molecule is C=CCC1(CC=C)CN(S(C)(=O)=O)CCN1C=O. The average molecular weight is 272 g/mol. The van der Waals surface area contributed by atoms with Gasteiger partial charge in [0, 0.05) is 19.6 Å². The van der Waals surface area contributed by atoms with Gasteiger partial charge in [-0.3, -0.25) is 4.79 Å². The van der Waals surface area contributed by atoms with Crippen LogP contribution in [0.3, 0.4) is 0 Å². The normalized spacial score (nSPS) is 20.4. The lowest BCUT2D eigenvalue weighted by Crippen LogP contribution is -2.62. The Labute approximate surface area is 109 Å². The van der Waals surface area contributed by atoms with Crippen LogP contribution in [0.25, 0.3) is 0 Å². The monoisotopic (exact) mass is 272 g/mol. The molecule has 1 rings (SSSR count). The number of carbonyl (C=O) groups excluding carboxylic acids is 1. The summed E-state index contributed by atoms with van der Waals surface area (Å²) in [6.45, 7) is 8.42. The second-order valence-corrected chi connectivity index (χ2v) is 6.59. The van der Waals surface area contributed by atoms with E-state index in [9.17, 15) is 13.2 Å². The van der Waals surface area contributed by atoms with Gasteiger partial charge in [-0.25, -0.2) is 8.42 Å². The van der Waals surface area contributed by atoms with Crippen LogP contribution >= 0.6 is 0 Å². The number of rotatable bonds is 6. The topological polar surface area (TPSA) is 57.7 Å². The van der Waals surface area contributed by atoms with E-state index in [2.05, 4.69) is 13.2 Å². The Balaban J connectivity index is 3.08. The number of amides is 1. The Kier molecular flexibility index (Phi) is 4.70. The fraction of sp³-hybridized carbons (Fsp3) is 0.583. The van der Waals surface area contributed by atoms with Crippen LogP contribution in [-0.4, -0.2) is 55.5 Å². The standard InChI is InChI=1S/C12H20N2O3S/c1-4-6-12(7-5-2)10-14(18(3,16)17)9-8-13(12)11-15/h4-5,11H,1-2,6-10H2,3H3. The van der Waals surface area contributed by atoms with Gasteiger partial charge in [0.25, 0.3) is 0 Å². The van der Waals surface area contributed by atoms with Crippen LogP contribution in [0.5, 0.6) is 0 Å². The van der Waals surface area contributed by atoms with Crippen LogP contribution in [0.4, 0.5) is 0 Å². The summed E-state index contributed by atoms with van der Waals surface area (Å²) in [7, 11) is -3.24. The van der Waals surface area contributed by atoms with Crippen LogP contribution in [0.15, 0.2) is 25.3 Å². The molecule has 0 aromatic heterocycles. The van der Waals surface area contributed by atoms with Crippen LogP contribution in [0, 0.1) is 0 Å². The highest BCUT2D eigenvalue weighted by Crippen LogP contribution is 2.29. The molecular formula is C12H20N2O3S. The summed E-state index contributed by atoms with van der Waals surface area (Å²) in [6.07, 6.45) is 6.49. The minimum absolute atomic E-state index is 0.294. The fourth-order valence-corrected chi connectivity index (χ4v) is 3.27. The smallest absolute Gasteiger partial charge is 0.211 e. The summed E-state index contributed by atoms with van der Waals surface area (Å²) in [6, 6.07) is 0. The summed E-state index contributed by atoms with van der Waals surface area (Å²) in [5.74, 6) is 0. The van der Waals surface area contributed by atoms with Gasteiger partial charge in [-0.2, -0.15) is 4.31 Å². The van der Waals surface area contributed by atoms with Gasteiger partial charge in [-0.1, -0.05) is 12.2 Å². The van der Waals surface area contributed by atoms with Crippen LogP contribution < -0.4 is 0 Å². The third-order valence-corrected chi connectivity index (χ3v) is 4.56. The van der Waals surface area contributed by atoms with Crippen molar-refractivity contribution < 1.29 is 13.2 Å². The lowest BCUT2D eigenvalue weighted by Gasteiger charge is -2.48. The summed E-state index contributed by atoms with van der Waals surface area (Å²) < 4.78 is 24.7. The maximum atomic E-state index is 11.6. The van der Waals surface area contributed by atoms with Gasteiger partial charge in [0.2, 0.25) is 16.4 Å². The van der Waals surface area contributed by atoms with Crippen molar-refractivity contribution in [2.24, 2.45) is 0 Å². The molecule has 1 fully saturated rings. The van der Waals surface area contributed by atoms with Gasteiger partial charge in [0.1, 0.15) is 0 Å². The first-order valence-corrected chi connectivity index (χ1v) is 7.63. The van der Waals surface area contributed by atoms with E-state index in [1.807, 2.05) is 0 Å². The molecule has 0 radical (unpaired) electrons. The van der Waals surface area contributed by atoms with Crippen molar-refractivity contribution in [3.05, 3.63) is 25.3 Å². The number of carbonyl (C=O) groups is 1. The van der Waals surface area contributed by atoms with Gasteiger partial charge in [-0.05, 0) is 12.8 Å². The maximum Gasteiger partial charge on any atom is 0.211 e. The predicted molar refractivity (Wildman–Crippen MR) is 71.5 cm³/mol. The second-order valence-electron chi connectivity index (χ2n) is 4.61. The Morgan fingerprint density at radius 1 is 1.22 bits per heavy atom. The molecule has 5 nitrogen and oxygen atoms in total. The number of nitrogens with zero attached hydrogens (tertiary/aromatic N) is 2. The van der Waals surface area contributed by atoms with Gasteiger partial charge in [-0.15, -0.1) is 13.2 Å². The fourth-order valence-electron chi connectivity index (χ4n) is 2.39. The van der Waals surface area contributed by atoms with Crippen molar-refractivity contribution >= 4 is 16.4 Å². The first-order chi connectivity index (χ1) is 8.39. The van der Waals surface area contributed by atoms with E-state index in [1.54, 1.807) is 17.1 Å². The quantitative estimate of drug-likeness (QED) is 0.526. The number of piperazine rings is 1. The second kappa shape index (κ2) is 5.67. The van der Waals surface area contributed by atoms with E-state index in [0.717, 1.165) is 6.41 Å². The molecule has 0 aromatic rings. The number of sulfonamides is 1. The van der Waals surface area contributed by atoms with E-state index >= 15 is 0 Å². The van der Waals surface area contributed by atoms with Crippen LogP contribution in [0.2, 0.25) is 0 Å². The molecule has 0 aromatic carbocycles. The summed E-state index contributed by atoms with van der Waals surface area (Å²) in [5.41, 5.74) is -0.549. The first-order valence-electron chi connectivity index (χ1n) is 5.78. The molecule has 1 amide bonds. The van der Waals surface area contributed by atoms with E-state index in [4.69, 9.17) is 0 Å². The Morgan fingerprint density at radius 3 is 2.17 bits per heavy atom. The van der Waals surface area contributed by atoms with Crippen molar-refractivity contribution in [1.82, 2.24) is 9.21 Å². The predicted octanol–water partition coefficient (Wildman–Crippen LogP) is 0.611. The summed E-state index contributed by atoms with van der Waals surface area (Å²) >= 11 is 0. The van der Waals surface area contributed by atoms with Gasteiger partial charge < -0.3 is 4.90 Å². The molecule has 0 bridgehead atoms. The average Bonchev–Trinajstić information content (AvgIpc) is 2.28. The third-order valence-electron chi connectivity index (χ3n) is 3.32. The molecule has 6 heteroatoms. The zero-order chi connectivity index (χ0) is 13.8. The molecule has 0 aliphatic carbocycles. The van der Waals surface area contributed by atoms with Crippen molar-refractivity contribution in [3.8, 4) is 0 Å².